The van der Waals surface area contributed by atoms with Crippen LogP contribution in [-0.4, -0.2) is 32.0 Å². The van der Waals surface area contributed by atoms with Crippen LogP contribution in [0.5, 0.6) is 0 Å². The molecule has 190 valence electrons. The molecule has 0 bridgehead atoms. The molecule has 2 atom stereocenters. The fourth-order valence-electron chi connectivity index (χ4n) is 4.57. The minimum atomic E-state index is -5.68. The molecule has 0 radical (unpaired) electrons. The Bertz CT molecular complexity index is 1500. The second-order valence-corrected chi connectivity index (χ2v) is 9.99. The molecule has 36 heavy (non-hydrogen) atoms. The first-order valence-corrected chi connectivity index (χ1v) is 12.4. The number of carbonyl (C=O) groups is 1. The number of hydrogen-bond acceptors (Lipinski definition) is 5. The van der Waals surface area contributed by atoms with Gasteiger partial charge < -0.3 is 4.74 Å². The standard InChI is InChI=1S/C24H18F5NO5S/c1-2-3-5-11-8-9-13-16-12(11)6-4-7-14(16)24(31)30(15-10-34-22(13)15)35-36(32,33)23-20(28)18(26)17(25)19(27)21(23)29/h4,6-9,15,22H,2-3,5,10H2,1H3. The zero-order valence-electron chi connectivity index (χ0n) is 18.7. The fraction of sp³-hybridized carbons (Fsp3) is 0.292. The number of rotatable bonds is 6. The lowest BCUT2D eigenvalue weighted by atomic mass is 9.89. The number of halogens is 5. The Labute approximate surface area is 202 Å². The van der Waals surface area contributed by atoms with Gasteiger partial charge in [0.1, 0.15) is 12.1 Å². The number of hydrogen-bond donors (Lipinski definition) is 0. The second-order valence-electron chi connectivity index (χ2n) is 8.53. The summed E-state index contributed by atoms with van der Waals surface area (Å²) in [5.74, 6) is -13.6. The minimum absolute atomic E-state index is 0.0476. The van der Waals surface area contributed by atoms with E-state index < -0.39 is 62.2 Å². The lowest BCUT2D eigenvalue weighted by molar-refractivity contribution is -0.192. The van der Waals surface area contributed by atoms with E-state index in [4.69, 9.17) is 9.02 Å². The van der Waals surface area contributed by atoms with Crippen molar-refractivity contribution in [1.82, 2.24) is 5.06 Å². The quantitative estimate of drug-likeness (QED) is 0.254. The van der Waals surface area contributed by atoms with Crippen LogP contribution in [0.25, 0.3) is 10.8 Å². The van der Waals surface area contributed by atoms with Gasteiger partial charge >= 0.3 is 10.1 Å². The van der Waals surface area contributed by atoms with Crippen LogP contribution in [0, 0.1) is 29.1 Å². The summed E-state index contributed by atoms with van der Waals surface area (Å²) in [6, 6.07) is 7.47. The number of carbonyl (C=O) groups excluding carboxylic acids is 1. The zero-order valence-corrected chi connectivity index (χ0v) is 19.5. The van der Waals surface area contributed by atoms with E-state index >= 15 is 0 Å². The summed E-state index contributed by atoms with van der Waals surface area (Å²) < 4.78 is 105. The second kappa shape index (κ2) is 8.79. The van der Waals surface area contributed by atoms with Crippen LogP contribution >= 0.6 is 0 Å². The van der Waals surface area contributed by atoms with Crippen LogP contribution in [0.2, 0.25) is 0 Å². The predicted molar refractivity (Wildman–Crippen MR) is 116 cm³/mol. The van der Waals surface area contributed by atoms with Crippen molar-refractivity contribution in [2.45, 2.75) is 43.2 Å². The van der Waals surface area contributed by atoms with Crippen LogP contribution in [0.3, 0.4) is 0 Å². The van der Waals surface area contributed by atoms with E-state index in [1.165, 1.54) is 6.07 Å². The summed E-state index contributed by atoms with van der Waals surface area (Å²) in [5, 5.41) is 1.65. The third-order valence-corrected chi connectivity index (χ3v) is 7.61. The molecule has 3 aromatic rings. The van der Waals surface area contributed by atoms with Gasteiger partial charge in [-0.25, -0.2) is 22.0 Å². The maximum Gasteiger partial charge on any atom is 0.323 e. The van der Waals surface area contributed by atoms with Crippen molar-refractivity contribution in [3.63, 3.8) is 0 Å². The summed E-state index contributed by atoms with van der Waals surface area (Å²) >= 11 is 0. The zero-order chi connectivity index (χ0) is 25.9. The molecule has 0 saturated carbocycles. The largest absolute Gasteiger partial charge is 0.369 e. The van der Waals surface area contributed by atoms with E-state index in [-0.39, 0.29) is 12.2 Å². The van der Waals surface area contributed by atoms with Gasteiger partial charge in [-0.15, -0.1) is 4.28 Å². The molecule has 1 saturated heterocycles. The van der Waals surface area contributed by atoms with Gasteiger partial charge in [0, 0.05) is 5.39 Å². The Balaban J connectivity index is 1.62. The summed E-state index contributed by atoms with van der Waals surface area (Å²) in [7, 11) is -5.68. The van der Waals surface area contributed by atoms with Crippen molar-refractivity contribution in [1.29, 1.82) is 0 Å². The Morgan fingerprint density at radius 3 is 2.28 bits per heavy atom. The van der Waals surface area contributed by atoms with Crippen LogP contribution in [0.15, 0.2) is 35.2 Å². The topological polar surface area (TPSA) is 72.9 Å². The number of aryl methyl sites for hydroxylation is 1. The molecular weight excluding hydrogens is 509 g/mol. The first kappa shape index (κ1) is 24.6. The van der Waals surface area contributed by atoms with Gasteiger partial charge in [0.25, 0.3) is 5.91 Å². The number of hydroxylamine groups is 2. The van der Waals surface area contributed by atoms with Crippen molar-refractivity contribution in [3.8, 4) is 0 Å². The Hall–Kier alpha value is -3.09. The molecule has 2 aliphatic heterocycles. The monoisotopic (exact) mass is 527 g/mol. The molecule has 0 N–H and O–H groups in total. The van der Waals surface area contributed by atoms with Gasteiger partial charge in [-0.3, -0.25) is 4.79 Å². The van der Waals surface area contributed by atoms with E-state index in [0.717, 1.165) is 30.2 Å². The van der Waals surface area contributed by atoms with Gasteiger partial charge in [0.05, 0.1) is 12.2 Å². The van der Waals surface area contributed by atoms with Crippen LogP contribution < -0.4 is 0 Å². The smallest absolute Gasteiger partial charge is 0.323 e. The Kier molecular flexibility index (Phi) is 6.00. The highest BCUT2D eigenvalue weighted by Crippen LogP contribution is 2.44. The first-order valence-electron chi connectivity index (χ1n) is 11.0. The molecule has 6 nitrogen and oxygen atoms in total. The van der Waals surface area contributed by atoms with Gasteiger partial charge in [0.2, 0.25) is 5.82 Å². The molecule has 1 amide bonds. The maximum atomic E-state index is 14.3. The average Bonchev–Trinajstić information content (AvgIpc) is 2.89. The van der Waals surface area contributed by atoms with Crippen molar-refractivity contribution in [2.24, 2.45) is 0 Å². The molecule has 12 heteroatoms. The van der Waals surface area contributed by atoms with E-state index in [1.54, 1.807) is 12.1 Å². The van der Waals surface area contributed by atoms with Crippen molar-refractivity contribution in [2.75, 3.05) is 6.61 Å². The number of ether oxygens (including phenoxy) is 1. The SMILES string of the molecule is CCCCc1ccc2c3c(cccc13)C(=O)N(OS(=O)(=O)c1c(F)c(F)c(F)c(F)c1F)C1COC21. The first-order chi connectivity index (χ1) is 17.1. The highest BCUT2D eigenvalue weighted by Gasteiger charge is 2.48. The van der Waals surface area contributed by atoms with Crippen molar-refractivity contribution < 1.29 is 44.2 Å². The van der Waals surface area contributed by atoms with E-state index in [2.05, 4.69) is 0 Å². The molecule has 1 fully saturated rings. The molecule has 5 rings (SSSR count). The van der Waals surface area contributed by atoms with Crippen LogP contribution in [-0.2, 0) is 25.6 Å². The minimum Gasteiger partial charge on any atom is -0.369 e. The van der Waals surface area contributed by atoms with Gasteiger partial charge in [0.15, 0.2) is 28.2 Å². The fourth-order valence-corrected chi connectivity index (χ4v) is 5.65. The molecule has 2 heterocycles. The lowest BCUT2D eigenvalue weighted by Crippen LogP contribution is -2.53. The summed E-state index contributed by atoms with van der Waals surface area (Å²) in [6.07, 6.45) is 1.72. The Morgan fingerprint density at radius 1 is 1.00 bits per heavy atom. The third-order valence-electron chi connectivity index (χ3n) is 6.40. The number of amides is 1. The number of nitrogens with zero attached hydrogens (tertiary/aromatic N) is 1. The maximum absolute atomic E-state index is 14.3. The predicted octanol–water partition coefficient (Wildman–Crippen LogP) is 5.09. The molecular formula is C24H18F5NO5S. The van der Waals surface area contributed by atoms with Crippen molar-refractivity contribution >= 4 is 26.8 Å². The lowest BCUT2D eigenvalue weighted by Gasteiger charge is -2.41. The number of unbranched alkanes of at least 4 members (excludes halogenated alkanes) is 1. The molecule has 0 aliphatic carbocycles. The van der Waals surface area contributed by atoms with Crippen molar-refractivity contribution in [3.05, 3.63) is 76.1 Å². The molecule has 2 unspecified atom stereocenters. The number of benzene rings is 3. The highest BCUT2D eigenvalue weighted by molar-refractivity contribution is 7.86. The van der Waals surface area contributed by atoms with Crippen LogP contribution in [0.4, 0.5) is 22.0 Å². The highest BCUT2D eigenvalue weighted by atomic mass is 32.2. The molecule has 2 aliphatic rings. The summed E-state index contributed by atoms with van der Waals surface area (Å²) in [6.45, 7) is 1.85. The van der Waals surface area contributed by atoms with E-state index in [1.807, 2.05) is 19.1 Å². The van der Waals surface area contributed by atoms with Gasteiger partial charge in [-0.1, -0.05) is 37.6 Å². The molecule has 0 aromatic heterocycles. The normalized spacial score (nSPS) is 19.3. The molecule has 3 aromatic carbocycles. The third kappa shape index (κ3) is 3.58. The van der Waals surface area contributed by atoms with E-state index in [0.29, 0.717) is 16.0 Å². The van der Waals surface area contributed by atoms with Gasteiger partial charge in [-0.2, -0.15) is 13.5 Å². The number of fused-ring (bicyclic) bond motifs is 2. The Morgan fingerprint density at radius 2 is 1.67 bits per heavy atom. The summed E-state index contributed by atoms with van der Waals surface area (Å²) in [5.41, 5.74) is 1.60. The van der Waals surface area contributed by atoms with Gasteiger partial charge in [-0.05, 0) is 35.4 Å². The van der Waals surface area contributed by atoms with Crippen LogP contribution in [0.1, 0.15) is 47.4 Å². The average molecular weight is 527 g/mol. The summed E-state index contributed by atoms with van der Waals surface area (Å²) in [4.78, 5) is 11.3. The van der Waals surface area contributed by atoms with E-state index in [9.17, 15) is 35.2 Å². The molecule has 0 spiro atoms.